The molecule has 1 saturated heterocycles. The Bertz CT molecular complexity index is 2160. The summed E-state index contributed by atoms with van der Waals surface area (Å²) in [5, 5.41) is 5.73. The molecule has 4 bridgehead atoms. The van der Waals surface area contributed by atoms with Crippen LogP contribution in [0.15, 0.2) is 73.3 Å². The Morgan fingerprint density at radius 3 is 2.63 bits per heavy atom. The van der Waals surface area contributed by atoms with Gasteiger partial charge in [-0.05, 0) is 69.1 Å². The zero-order valence-corrected chi connectivity index (χ0v) is 33.1. The molecule has 7 rings (SSSR count). The molecule has 5 atom stereocenters. The van der Waals surface area contributed by atoms with Crippen molar-refractivity contribution in [3.05, 3.63) is 78.9 Å². The molecule has 3 N–H and O–H groups in total. The van der Waals surface area contributed by atoms with Gasteiger partial charge in [-0.3, -0.25) is 19.1 Å². The van der Waals surface area contributed by atoms with E-state index < -0.39 is 68.7 Å². The molecule has 14 heteroatoms. The van der Waals surface area contributed by atoms with Gasteiger partial charge in [0.25, 0.3) is 5.91 Å². The number of aromatic nitrogens is 1. The van der Waals surface area contributed by atoms with Gasteiger partial charge in [0.1, 0.15) is 29.5 Å². The number of allylic oxidation sites excluding steroid dienone is 1. The highest BCUT2D eigenvalue weighted by atomic mass is 32.2. The molecule has 57 heavy (non-hydrogen) atoms. The van der Waals surface area contributed by atoms with E-state index in [9.17, 15) is 27.6 Å². The van der Waals surface area contributed by atoms with Crippen LogP contribution in [0.3, 0.4) is 0 Å². The first kappa shape index (κ1) is 40.0. The minimum absolute atomic E-state index is 0.000491. The molecule has 2 aliphatic carbocycles. The van der Waals surface area contributed by atoms with Gasteiger partial charge in [0, 0.05) is 29.4 Å². The van der Waals surface area contributed by atoms with Gasteiger partial charge in [0.2, 0.25) is 21.8 Å². The van der Waals surface area contributed by atoms with Gasteiger partial charge < -0.3 is 25.0 Å². The molecular formula is C43H51N5O8S. The van der Waals surface area contributed by atoms with Crippen LogP contribution in [0.1, 0.15) is 83.1 Å². The highest BCUT2D eigenvalue weighted by Gasteiger charge is 2.62. The molecule has 1 unspecified atom stereocenters. The fourth-order valence-corrected chi connectivity index (χ4v) is 9.08. The van der Waals surface area contributed by atoms with E-state index in [2.05, 4.69) is 34.1 Å². The lowest BCUT2D eigenvalue weighted by Gasteiger charge is -2.29. The standard InChI is InChI=1S/C43H51N5O8S/c1-3-5-17-35-40(50)48-27-31(24-37(48)39(49)46-43(26-30(43)4-2)41(51)47-57(53,54)32-19-20-32)56-38-25-36(29-15-11-9-12-16-29)44-34-21-18-28(23-33(34)38)14-10-7-6-8-13-22-55-42(52)45-35/h4,9-12,14-16,18,21,23,25,30-32,35,37H,2-3,5-8,13,17,19-20,22,24,26-27H2,1H3,(H,45,52)(H,46,49)(H,47,51)/b14-10+/t30-,31?,35-,37-,43+/m0/s1. The number of rotatable bonds is 10. The number of hydrogen-bond donors (Lipinski definition) is 3. The second-order valence-corrected chi connectivity index (χ2v) is 17.5. The highest BCUT2D eigenvalue weighted by Crippen LogP contribution is 2.45. The maximum atomic E-state index is 14.6. The van der Waals surface area contributed by atoms with E-state index in [4.69, 9.17) is 14.5 Å². The van der Waals surface area contributed by atoms with Crippen molar-refractivity contribution in [2.24, 2.45) is 5.92 Å². The van der Waals surface area contributed by atoms with Gasteiger partial charge in [0.05, 0.1) is 29.6 Å². The summed E-state index contributed by atoms with van der Waals surface area (Å²) in [6.07, 6.45) is 10.4. The van der Waals surface area contributed by atoms with Crippen molar-refractivity contribution in [1.29, 1.82) is 0 Å². The second-order valence-electron chi connectivity index (χ2n) is 15.5. The third-order valence-electron chi connectivity index (χ3n) is 11.3. The zero-order valence-electron chi connectivity index (χ0n) is 32.3. The minimum atomic E-state index is -3.90. The van der Waals surface area contributed by atoms with Gasteiger partial charge in [-0.1, -0.05) is 74.4 Å². The number of carbonyl (C=O) groups is 4. The second kappa shape index (κ2) is 17.1. The van der Waals surface area contributed by atoms with Crippen LogP contribution >= 0.6 is 0 Å². The molecule has 1 aromatic heterocycles. The molecule has 4 amide bonds. The molecule has 0 spiro atoms. The summed E-state index contributed by atoms with van der Waals surface area (Å²) in [4.78, 5) is 62.0. The van der Waals surface area contributed by atoms with Crippen LogP contribution in [-0.4, -0.2) is 84.2 Å². The lowest BCUT2D eigenvalue weighted by molar-refractivity contribution is -0.141. The number of fused-ring (bicyclic) bond motifs is 3. The largest absolute Gasteiger partial charge is 0.488 e. The van der Waals surface area contributed by atoms with Crippen molar-refractivity contribution >= 4 is 50.8 Å². The van der Waals surface area contributed by atoms with Gasteiger partial charge >= 0.3 is 6.09 Å². The van der Waals surface area contributed by atoms with E-state index in [0.29, 0.717) is 49.1 Å². The first-order chi connectivity index (χ1) is 27.5. The number of ether oxygens (including phenoxy) is 2. The molecule has 2 aliphatic heterocycles. The van der Waals surface area contributed by atoms with E-state index in [1.165, 1.54) is 11.0 Å². The number of pyridine rings is 1. The van der Waals surface area contributed by atoms with Crippen LogP contribution in [0.4, 0.5) is 4.79 Å². The van der Waals surface area contributed by atoms with Crippen LogP contribution in [0.5, 0.6) is 5.75 Å². The molecular weight excluding hydrogens is 747 g/mol. The molecule has 302 valence electrons. The molecule has 3 aromatic rings. The smallest absolute Gasteiger partial charge is 0.407 e. The Morgan fingerprint density at radius 2 is 1.89 bits per heavy atom. The van der Waals surface area contributed by atoms with E-state index in [-0.39, 0.29) is 26.0 Å². The molecule has 3 heterocycles. The number of sulfonamides is 1. The summed E-state index contributed by atoms with van der Waals surface area (Å²) in [7, 11) is -3.90. The summed E-state index contributed by atoms with van der Waals surface area (Å²) in [5.41, 5.74) is 1.71. The van der Waals surface area contributed by atoms with E-state index in [0.717, 1.165) is 42.2 Å². The SMILES string of the molecule is C=C[C@H]1C[C@]1(NC(=O)[C@@H]1CC2CN1C(=O)[C@H](CCCC)NC(=O)OCCCCC/C=C/c1ccc3nc(-c4ccccc4)cc(c3c1)O2)C(=O)NS(=O)(=O)C1CC1. The summed E-state index contributed by atoms with van der Waals surface area (Å²) < 4.78 is 40.0. The maximum absolute atomic E-state index is 14.6. The van der Waals surface area contributed by atoms with E-state index >= 15 is 0 Å². The number of cyclic esters (lactones) is 1. The Labute approximate surface area is 333 Å². The van der Waals surface area contributed by atoms with E-state index in [1.54, 1.807) is 0 Å². The third-order valence-corrected chi connectivity index (χ3v) is 13.1. The number of benzene rings is 2. The van der Waals surface area contributed by atoms with Crippen molar-refractivity contribution in [2.75, 3.05) is 13.2 Å². The number of hydrogen-bond acceptors (Lipinski definition) is 9. The van der Waals surface area contributed by atoms with E-state index in [1.807, 2.05) is 61.5 Å². The van der Waals surface area contributed by atoms with Gasteiger partial charge in [-0.15, -0.1) is 6.58 Å². The number of alkyl carbamates (subject to hydrolysis) is 1. The lowest BCUT2D eigenvalue weighted by Crippen LogP contribution is -2.58. The van der Waals surface area contributed by atoms with Crippen molar-refractivity contribution in [3.63, 3.8) is 0 Å². The maximum Gasteiger partial charge on any atom is 0.407 e. The van der Waals surface area contributed by atoms with Crippen molar-refractivity contribution < 1.29 is 37.1 Å². The Hall–Kier alpha value is -5.24. The zero-order chi connectivity index (χ0) is 40.2. The summed E-state index contributed by atoms with van der Waals surface area (Å²) in [6, 6.07) is 15.5. The normalized spacial score (nSPS) is 26.1. The minimum Gasteiger partial charge on any atom is -0.488 e. The number of amides is 4. The average molecular weight is 798 g/mol. The average Bonchev–Trinajstić information content (AvgIpc) is 4.14. The van der Waals surface area contributed by atoms with Crippen LogP contribution in [-0.2, 0) is 29.1 Å². The first-order valence-corrected chi connectivity index (χ1v) is 21.6. The van der Waals surface area contributed by atoms with Crippen molar-refractivity contribution in [2.45, 2.75) is 107 Å². The van der Waals surface area contributed by atoms with Gasteiger partial charge in [0.15, 0.2) is 0 Å². The van der Waals surface area contributed by atoms with Crippen LogP contribution in [0, 0.1) is 5.92 Å². The summed E-state index contributed by atoms with van der Waals surface area (Å²) in [6.45, 7) is 5.99. The van der Waals surface area contributed by atoms with Crippen LogP contribution in [0.25, 0.3) is 28.2 Å². The molecule has 2 saturated carbocycles. The number of carbonyl (C=O) groups excluding carboxylic acids is 4. The molecule has 2 aromatic carbocycles. The number of nitrogens with one attached hydrogen (secondary N) is 3. The van der Waals surface area contributed by atoms with Crippen molar-refractivity contribution in [1.82, 2.24) is 25.2 Å². The number of unbranched alkanes of at least 4 members (excludes halogenated alkanes) is 1. The monoisotopic (exact) mass is 797 g/mol. The molecule has 0 radical (unpaired) electrons. The first-order valence-electron chi connectivity index (χ1n) is 20.1. The Morgan fingerprint density at radius 1 is 1.09 bits per heavy atom. The van der Waals surface area contributed by atoms with Crippen LogP contribution < -0.4 is 20.1 Å². The Balaban J connectivity index is 1.24. The van der Waals surface area contributed by atoms with Gasteiger partial charge in [-0.2, -0.15) is 0 Å². The summed E-state index contributed by atoms with van der Waals surface area (Å²) in [5.74, 6) is -1.93. The quantitative estimate of drug-likeness (QED) is 0.215. The fourth-order valence-electron chi connectivity index (χ4n) is 7.72. The van der Waals surface area contributed by atoms with Crippen LogP contribution in [0.2, 0.25) is 0 Å². The van der Waals surface area contributed by atoms with Gasteiger partial charge in [-0.25, -0.2) is 18.2 Å². The molecule has 3 fully saturated rings. The van der Waals surface area contributed by atoms with Crippen molar-refractivity contribution in [3.8, 4) is 17.0 Å². The third kappa shape index (κ3) is 9.16. The predicted molar refractivity (Wildman–Crippen MR) is 216 cm³/mol. The summed E-state index contributed by atoms with van der Waals surface area (Å²) >= 11 is 0. The topological polar surface area (TPSA) is 173 Å². The highest BCUT2D eigenvalue weighted by molar-refractivity contribution is 7.91. The number of nitrogens with zero attached hydrogens (tertiary/aromatic N) is 2. The fraction of sp³-hybridized carbons (Fsp3) is 0.465. The Kier molecular flexibility index (Phi) is 12.0. The predicted octanol–water partition coefficient (Wildman–Crippen LogP) is 5.79. The molecule has 13 nitrogen and oxygen atoms in total. The molecule has 4 aliphatic rings. The lowest BCUT2D eigenvalue weighted by atomic mass is 10.1.